The number of para-hydroxylation sites is 1. The Bertz CT molecular complexity index is 1550. The minimum atomic E-state index is -2.18. The number of aryl methyl sites for hydroxylation is 1. The normalized spacial score (nSPS) is 16.3. The van der Waals surface area contributed by atoms with E-state index in [9.17, 15) is 0 Å². The fraction of sp³-hybridized carbons (Fsp3) is 0.115. The highest BCUT2D eigenvalue weighted by Gasteiger charge is 2.37. The summed E-state index contributed by atoms with van der Waals surface area (Å²) < 4.78 is 29.6. The van der Waals surface area contributed by atoms with E-state index < -0.39 is 14.9 Å². The molecule has 2 aromatic heterocycles. The van der Waals surface area contributed by atoms with Crippen LogP contribution >= 0.6 is 0 Å². The zero-order valence-corrected chi connectivity index (χ0v) is 17.3. The monoisotopic (exact) mass is 394 g/mol. The van der Waals surface area contributed by atoms with Crippen LogP contribution in [0.25, 0.3) is 44.3 Å². The first-order valence-corrected chi connectivity index (χ1v) is 12.8. The van der Waals surface area contributed by atoms with Crippen molar-refractivity contribution in [2.75, 3.05) is 0 Å². The number of hydrogen-bond donors (Lipinski definition) is 0. The molecule has 0 radical (unpaired) electrons. The molecule has 0 spiro atoms. The number of furan rings is 1. The molecule has 0 unspecified atom stereocenters. The Labute approximate surface area is 175 Å². The number of hydrogen-bond acceptors (Lipinski definition) is 2. The third-order valence-corrected chi connectivity index (χ3v) is 9.78. The average molecular weight is 395 g/mol. The quantitative estimate of drug-likeness (QED) is 0.338. The highest BCUT2D eigenvalue weighted by molar-refractivity contribution is 7.04. The maximum Gasteiger partial charge on any atom is 0.144 e. The topological polar surface area (TPSA) is 26.0 Å². The number of fused-ring (bicyclic) bond motifs is 6. The van der Waals surface area contributed by atoms with Gasteiger partial charge in [-0.3, -0.25) is 4.98 Å². The molecule has 0 N–H and O–H groups in total. The molecule has 3 heteroatoms. The van der Waals surface area contributed by atoms with Gasteiger partial charge in [-0.05, 0) is 58.2 Å². The largest absolute Gasteiger partial charge is 0.455 e. The smallest absolute Gasteiger partial charge is 0.144 e. The van der Waals surface area contributed by atoms with Crippen molar-refractivity contribution >= 4 is 40.4 Å². The summed E-state index contributed by atoms with van der Waals surface area (Å²) in [6.45, 7) is 2.63. The highest BCUT2D eigenvalue weighted by atomic mass is 28.3. The van der Waals surface area contributed by atoms with Crippen LogP contribution in [0.4, 0.5) is 0 Å². The van der Waals surface area contributed by atoms with Gasteiger partial charge in [-0.1, -0.05) is 55.6 Å². The maximum atomic E-state index is 7.74. The van der Waals surface area contributed by atoms with Crippen molar-refractivity contribution in [2.45, 2.75) is 19.9 Å². The van der Waals surface area contributed by atoms with E-state index in [0.717, 1.165) is 27.5 Å². The van der Waals surface area contributed by atoms with Gasteiger partial charge in [0, 0.05) is 26.6 Å². The van der Waals surface area contributed by atoms with Crippen molar-refractivity contribution < 1.29 is 8.53 Å². The fourth-order valence-corrected chi connectivity index (χ4v) is 7.85. The van der Waals surface area contributed by atoms with Crippen molar-refractivity contribution in [3.8, 4) is 22.4 Å². The standard InChI is InChI=1S/C26H21NOSi/c1-16-11-12-27-22(13-16)19-9-6-8-18-20-15-25-21(14-23(20)28-26(18)19)17-7-4-5-10-24(17)29(25,2)3/h4-15H,1-3H3/i1D3. The molecule has 3 aromatic carbocycles. The van der Waals surface area contributed by atoms with Crippen molar-refractivity contribution in [3.05, 3.63) is 78.5 Å². The Morgan fingerprint density at radius 3 is 2.59 bits per heavy atom. The summed E-state index contributed by atoms with van der Waals surface area (Å²) in [5, 5.41) is 5.03. The molecule has 29 heavy (non-hydrogen) atoms. The summed E-state index contributed by atoms with van der Waals surface area (Å²) in [6, 6.07) is 22.4. The second-order valence-corrected chi connectivity index (χ2v) is 12.6. The summed E-state index contributed by atoms with van der Waals surface area (Å²) in [6.07, 6.45) is 1.55. The lowest BCUT2D eigenvalue weighted by Gasteiger charge is -2.18. The molecule has 2 nitrogen and oxygen atoms in total. The van der Waals surface area contributed by atoms with Crippen LogP contribution in [0.1, 0.15) is 9.68 Å². The predicted molar refractivity (Wildman–Crippen MR) is 124 cm³/mol. The van der Waals surface area contributed by atoms with Gasteiger partial charge in [0.05, 0.1) is 5.69 Å². The molecule has 1 aliphatic heterocycles. The van der Waals surface area contributed by atoms with Crippen molar-refractivity contribution in [2.24, 2.45) is 0 Å². The van der Waals surface area contributed by atoms with Crippen molar-refractivity contribution in [3.63, 3.8) is 0 Å². The van der Waals surface area contributed by atoms with E-state index >= 15 is 0 Å². The molecule has 0 aliphatic carbocycles. The first-order chi connectivity index (χ1) is 15.2. The van der Waals surface area contributed by atoms with E-state index in [2.05, 4.69) is 60.5 Å². The van der Waals surface area contributed by atoms with Crippen molar-refractivity contribution in [1.29, 1.82) is 0 Å². The van der Waals surface area contributed by atoms with Crippen LogP contribution in [0.3, 0.4) is 0 Å². The van der Waals surface area contributed by atoms with Gasteiger partial charge in [-0.25, -0.2) is 0 Å². The molecular weight excluding hydrogens is 370 g/mol. The van der Waals surface area contributed by atoms with Gasteiger partial charge in [-0.2, -0.15) is 0 Å². The summed E-state index contributed by atoms with van der Waals surface area (Å²) in [7, 11) is -1.78. The minimum Gasteiger partial charge on any atom is -0.455 e. The second-order valence-electron chi connectivity index (χ2n) is 8.28. The van der Waals surface area contributed by atoms with Crippen LogP contribution < -0.4 is 10.4 Å². The van der Waals surface area contributed by atoms with Gasteiger partial charge in [-0.15, -0.1) is 0 Å². The molecule has 140 valence electrons. The molecular formula is C26H21NOSi. The lowest BCUT2D eigenvalue weighted by molar-refractivity contribution is 0.670. The van der Waals surface area contributed by atoms with Crippen LogP contribution in [0.2, 0.25) is 13.1 Å². The zero-order chi connectivity index (χ0) is 22.3. The molecule has 3 heterocycles. The lowest BCUT2D eigenvalue weighted by Crippen LogP contribution is -2.49. The molecule has 0 amide bonds. The number of pyridine rings is 1. The van der Waals surface area contributed by atoms with E-state index in [-0.39, 0.29) is 5.56 Å². The maximum absolute atomic E-state index is 7.74. The van der Waals surface area contributed by atoms with Crippen molar-refractivity contribution in [1.82, 2.24) is 4.98 Å². The Kier molecular flexibility index (Phi) is 2.72. The molecule has 0 atom stereocenters. The van der Waals surface area contributed by atoms with Crippen LogP contribution in [0.15, 0.2) is 77.3 Å². The average Bonchev–Trinajstić information content (AvgIpc) is 3.25. The van der Waals surface area contributed by atoms with Gasteiger partial charge >= 0.3 is 0 Å². The molecule has 0 fully saturated rings. The van der Waals surface area contributed by atoms with E-state index in [1.807, 2.05) is 12.1 Å². The van der Waals surface area contributed by atoms with E-state index in [1.165, 1.54) is 21.5 Å². The Hall–Kier alpha value is -3.17. The minimum absolute atomic E-state index is 0.277. The van der Waals surface area contributed by atoms with Crippen LogP contribution in [-0.4, -0.2) is 13.1 Å². The van der Waals surface area contributed by atoms with Gasteiger partial charge in [0.15, 0.2) is 0 Å². The third-order valence-electron chi connectivity index (χ3n) is 6.24. The predicted octanol–water partition coefficient (Wildman–Crippen LogP) is 5.76. The third kappa shape index (κ3) is 2.25. The first-order valence-electron chi connectivity index (χ1n) is 11.3. The van der Waals surface area contributed by atoms with Gasteiger partial charge < -0.3 is 4.42 Å². The first kappa shape index (κ1) is 13.9. The van der Waals surface area contributed by atoms with Crippen LogP contribution in [0.5, 0.6) is 0 Å². The van der Waals surface area contributed by atoms with E-state index in [4.69, 9.17) is 8.53 Å². The highest BCUT2D eigenvalue weighted by Crippen LogP contribution is 2.38. The Morgan fingerprint density at radius 1 is 0.828 bits per heavy atom. The number of aromatic nitrogens is 1. The Balaban J connectivity index is 1.61. The van der Waals surface area contributed by atoms with Gasteiger partial charge in [0.2, 0.25) is 0 Å². The molecule has 1 aliphatic rings. The summed E-state index contributed by atoms with van der Waals surface area (Å²) >= 11 is 0. The molecule has 0 saturated carbocycles. The molecule has 0 bridgehead atoms. The molecule has 0 saturated heterocycles. The summed E-state index contributed by atoms with van der Waals surface area (Å²) in [4.78, 5) is 4.46. The molecule has 6 rings (SSSR count). The van der Waals surface area contributed by atoms with Crippen LogP contribution in [0, 0.1) is 6.85 Å². The fourth-order valence-electron chi connectivity index (χ4n) is 4.77. The second kappa shape index (κ2) is 5.68. The lowest BCUT2D eigenvalue weighted by atomic mass is 10.0. The zero-order valence-electron chi connectivity index (χ0n) is 19.3. The number of nitrogens with zero attached hydrogens (tertiary/aromatic N) is 1. The van der Waals surface area contributed by atoms with Crippen LogP contribution in [-0.2, 0) is 0 Å². The molecule has 5 aromatic rings. The van der Waals surface area contributed by atoms with Gasteiger partial charge in [0.25, 0.3) is 0 Å². The summed E-state index contributed by atoms with van der Waals surface area (Å²) in [5.41, 5.74) is 5.87. The SMILES string of the molecule is [2H]C([2H])([2H])c1ccnc(-c2cccc3c2oc2cc4c(cc23)[Si](C)(C)c2ccccc2-4)c1. The van der Waals surface area contributed by atoms with E-state index in [1.54, 1.807) is 18.3 Å². The van der Waals surface area contributed by atoms with E-state index in [0.29, 0.717) is 5.69 Å². The number of benzene rings is 3. The van der Waals surface area contributed by atoms with Gasteiger partial charge in [0.1, 0.15) is 19.2 Å². The number of rotatable bonds is 1. The summed E-state index contributed by atoms with van der Waals surface area (Å²) in [5.74, 6) is 0. The Morgan fingerprint density at radius 2 is 1.69 bits per heavy atom.